The Morgan fingerprint density at radius 2 is 2.38 bits per heavy atom. The molecule has 0 spiro atoms. The molecule has 0 saturated carbocycles. The summed E-state index contributed by atoms with van der Waals surface area (Å²) >= 11 is 3.98. The summed E-state index contributed by atoms with van der Waals surface area (Å²) in [6, 6.07) is 7.75. The Morgan fingerprint density at radius 3 is 3.00 bits per heavy atom. The number of halogens is 2. The maximum absolute atomic E-state index is 11.7. The highest BCUT2D eigenvalue weighted by Crippen LogP contribution is 2.15. The van der Waals surface area contributed by atoms with Crippen molar-refractivity contribution < 1.29 is 4.79 Å². The highest BCUT2D eigenvalue weighted by Gasteiger charge is 2.22. The molecule has 1 aliphatic heterocycles. The van der Waals surface area contributed by atoms with Crippen LogP contribution >= 0.6 is 46.8 Å². The fourth-order valence-electron chi connectivity index (χ4n) is 1.36. The summed E-state index contributed by atoms with van der Waals surface area (Å²) < 4.78 is 1.12. The largest absolute Gasteiger partial charge is 0.325 e. The van der Waals surface area contributed by atoms with Gasteiger partial charge in [-0.2, -0.15) is 0 Å². The van der Waals surface area contributed by atoms with Gasteiger partial charge in [-0.05, 0) is 40.8 Å². The molecule has 88 valence electrons. The van der Waals surface area contributed by atoms with Crippen molar-refractivity contribution in [1.82, 2.24) is 5.32 Å². The molecule has 0 radical (unpaired) electrons. The van der Waals surface area contributed by atoms with Gasteiger partial charge in [-0.3, -0.25) is 10.1 Å². The zero-order valence-electron chi connectivity index (χ0n) is 8.40. The Labute approximate surface area is 119 Å². The fourth-order valence-corrected chi connectivity index (χ4v) is 2.84. The van der Waals surface area contributed by atoms with Gasteiger partial charge >= 0.3 is 0 Å². The molecule has 0 aromatic heterocycles. The Kier molecular flexibility index (Phi) is 5.88. The van der Waals surface area contributed by atoms with Crippen LogP contribution in [0.25, 0.3) is 0 Å². The van der Waals surface area contributed by atoms with E-state index in [0.717, 1.165) is 20.9 Å². The minimum atomic E-state index is -0.0483. The molecule has 3 nitrogen and oxygen atoms in total. The quantitative estimate of drug-likeness (QED) is 0.785. The summed E-state index contributed by atoms with van der Waals surface area (Å²) in [7, 11) is 0. The summed E-state index contributed by atoms with van der Waals surface area (Å²) in [6.07, 6.45) is 0. The average Bonchev–Trinajstić information content (AvgIpc) is 2.70. The molecule has 16 heavy (non-hydrogen) atoms. The molecule has 1 aromatic rings. The zero-order valence-corrected chi connectivity index (χ0v) is 12.2. The third kappa shape index (κ3) is 3.80. The maximum atomic E-state index is 11.7. The average molecular weight is 371 g/mol. The topological polar surface area (TPSA) is 41.1 Å². The van der Waals surface area contributed by atoms with E-state index in [4.69, 9.17) is 0 Å². The van der Waals surface area contributed by atoms with Crippen molar-refractivity contribution >= 4 is 58.4 Å². The molecule has 1 aliphatic rings. The van der Waals surface area contributed by atoms with Crippen LogP contribution in [0.5, 0.6) is 0 Å². The number of carbonyl (C=O) groups is 1. The third-order valence-electron chi connectivity index (χ3n) is 2.12. The predicted octanol–water partition coefficient (Wildman–Crippen LogP) is 2.31. The highest BCUT2D eigenvalue weighted by molar-refractivity contribution is 14.1. The summed E-state index contributed by atoms with van der Waals surface area (Å²) in [5, 5.41) is 6.05. The van der Waals surface area contributed by atoms with E-state index in [9.17, 15) is 4.79 Å². The Hall–Kier alpha value is 0.0200. The normalized spacial score (nSPS) is 18.9. The van der Waals surface area contributed by atoms with E-state index < -0.39 is 0 Å². The van der Waals surface area contributed by atoms with Crippen LogP contribution < -0.4 is 10.6 Å². The molecule has 1 atom stereocenters. The number of amides is 1. The Bertz CT molecular complexity index is 372. The fraction of sp³-hybridized carbons (Fsp3) is 0.300. The smallest absolute Gasteiger partial charge is 0.242 e. The highest BCUT2D eigenvalue weighted by atomic mass is 127. The Balaban J connectivity index is 0.00000128. The van der Waals surface area contributed by atoms with Crippen LogP contribution in [0, 0.1) is 3.57 Å². The summed E-state index contributed by atoms with van der Waals surface area (Å²) in [6.45, 7) is 0. The zero-order chi connectivity index (χ0) is 10.7. The summed E-state index contributed by atoms with van der Waals surface area (Å²) in [5.74, 6) is 1.78. The van der Waals surface area contributed by atoms with Crippen LogP contribution in [0.3, 0.4) is 0 Å². The summed E-state index contributed by atoms with van der Waals surface area (Å²) in [4.78, 5) is 11.7. The van der Waals surface area contributed by atoms with Crippen LogP contribution in [0.1, 0.15) is 0 Å². The lowest BCUT2D eigenvalue weighted by Crippen LogP contribution is -2.37. The lowest BCUT2D eigenvalue weighted by molar-refractivity contribution is -0.117. The van der Waals surface area contributed by atoms with Gasteiger partial charge in [-0.1, -0.05) is 6.07 Å². The van der Waals surface area contributed by atoms with Gasteiger partial charge in [0.15, 0.2) is 0 Å². The molecule has 2 N–H and O–H groups in total. The van der Waals surface area contributed by atoms with E-state index in [-0.39, 0.29) is 24.4 Å². The molecular formula is C10H12ClIN2OS. The molecule has 0 aliphatic carbocycles. The first kappa shape index (κ1) is 14.1. The molecular weight excluding hydrogens is 359 g/mol. The lowest BCUT2D eigenvalue weighted by atomic mass is 10.3. The monoisotopic (exact) mass is 370 g/mol. The first-order chi connectivity index (χ1) is 7.25. The van der Waals surface area contributed by atoms with Crippen molar-refractivity contribution in [2.45, 2.75) is 6.04 Å². The second-order valence-corrected chi connectivity index (χ2v) is 5.55. The molecule has 1 saturated heterocycles. The van der Waals surface area contributed by atoms with Crippen molar-refractivity contribution in [3.8, 4) is 0 Å². The number of nitrogens with one attached hydrogen (secondary N) is 2. The van der Waals surface area contributed by atoms with Gasteiger partial charge in [-0.15, -0.1) is 24.2 Å². The molecule has 6 heteroatoms. The van der Waals surface area contributed by atoms with E-state index in [2.05, 4.69) is 33.2 Å². The van der Waals surface area contributed by atoms with Crippen LogP contribution in [0.15, 0.2) is 24.3 Å². The number of anilines is 1. The van der Waals surface area contributed by atoms with Gasteiger partial charge in [0, 0.05) is 20.9 Å². The third-order valence-corrected chi connectivity index (χ3v) is 3.74. The molecule has 1 aromatic carbocycles. The van der Waals surface area contributed by atoms with Crippen molar-refractivity contribution in [2.75, 3.05) is 16.9 Å². The number of hydrogen-bond donors (Lipinski definition) is 2. The predicted molar refractivity (Wildman–Crippen MR) is 79.3 cm³/mol. The standard InChI is InChI=1S/C10H11IN2OS.ClH/c11-7-2-1-3-8(4-7)13-10(14)9-5-15-6-12-9;/h1-4,9,12H,5-6H2,(H,13,14);1H. The number of carbonyl (C=O) groups excluding carboxylic acids is 1. The van der Waals surface area contributed by atoms with Crippen molar-refractivity contribution in [3.05, 3.63) is 27.8 Å². The van der Waals surface area contributed by atoms with Gasteiger partial charge in [0.2, 0.25) is 5.91 Å². The van der Waals surface area contributed by atoms with E-state index in [1.54, 1.807) is 11.8 Å². The molecule has 1 unspecified atom stereocenters. The minimum absolute atomic E-state index is 0. The molecule has 1 heterocycles. The minimum Gasteiger partial charge on any atom is -0.325 e. The van der Waals surface area contributed by atoms with Crippen molar-refractivity contribution in [2.24, 2.45) is 0 Å². The van der Waals surface area contributed by atoms with E-state index >= 15 is 0 Å². The lowest BCUT2D eigenvalue weighted by Gasteiger charge is -2.10. The first-order valence-electron chi connectivity index (χ1n) is 4.63. The SMILES string of the molecule is Cl.O=C(Nc1cccc(I)c1)C1CSCN1. The van der Waals surface area contributed by atoms with E-state index in [0.29, 0.717) is 0 Å². The summed E-state index contributed by atoms with van der Waals surface area (Å²) in [5.41, 5.74) is 0.866. The second kappa shape index (κ2) is 6.68. The van der Waals surface area contributed by atoms with Gasteiger partial charge in [-0.25, -0.2) is 0 Å². The van der Waals surface area contributed by atoms with Gasteiger partial charge in [0.1, 0.15) is 0 Å². The van der Waals surface area contributed by atoms with Crippen molar-refractivity contribution in [3.63, 3.8) is 0 Å². The molecule has 1 amide bonds. The van der Waals surface area contributed by atoms with Crippen molar-refractivity contribution in [1.29, 1.82) is 0 Å². The van der Waals surface area contributed by atoms with E-state index in [1.165, 1.54) is 0 Å². The number of benzene rings is 1. The van der Waals surface area contributed by atoms with Crippen LogP contribution in [-0.4, -0.2) is 23.6 Å². The number of thioether (sulfide) groups is 1. The van der Waals surface area contributed by atoms with Crippen LogP contribution in [0.4, 0.5) is 5.69 Å². The van der Waals surface area contributed by atoms with Crippen LogP contribution in [-0.2, 0) is 4.79 Å². The molecule has 1 fully saturated rings. The van der Waals surface area contributed by atoms with Gasteiger partial charge in [0.05, 0.1) is 6.04 Å². The second-order valence-electron chi connectivity index (χ2n) is 3.27. The first-order valence-corrected chi connectivity index (χ1v) is 6.86. The van der Waals surface area contributed by atoms with E-state index in [1.807, 2.05) is 24.3 Å². The maximum Gasteiger partial charge on any atom is 0.242 e. The molecule has 0 bridgehead atoms. The number of rotatable bonds is 2. The molecule has 2 rings (SSSR count). The van der Waals surface area contributed by atoms with Gasteiger partial charge in [0.25, 0.3) is 0 Å². The van der Waals surface area contributed by atoms with Gasteiger partial charge < -0.3 is 5.32 Å². The van der Waals surface area contributed by atoms with Crippen LogP contribution in [0.2, 0.25) is 0 Å². The number of hydrogen-bond acceptors (Lipinski definition) is 3. The Morgan fingerprint density at radius 1 is 1.56 bits per heavy atom.